The van der Waals surface area contributed by atoms with Crippen molar-refractivity contribution in [1.82, 2.24) is 24.5 Å². The molecule has 3 aromatic heterocycles. The molecule has 0 radical (unpaired) electrons. The molecule has 0 aromatic carbocycles. The zero-order chi connectivity index (χ0) is 21.4. The summed E-state index contributed by atoms with van der Waals surface area (Å²) in [6.07, 6.45) is 3.72. The van der Waals surface area contributed by atoms with Crippen molar-refractivity contribution >= 4 is 17.4 Å². The number of carbonyl (C=O) groups excluding carboxylic acids is 1. The first-order chi connectivity index (χ1) is 15.1. The number of alkyl halides is 2. The van der Waals surface area contributed by atoms with Crippen molar-refractivity contribution in [1.29, 1.82) is 0 Å². The van der Waals surface area contributed by atoms with E-state index in [9.17, 15) is 13.6 Å². The van der Waals surface area contributed by atoms with Crippen LogP contribution in [-0.4, -0.2) is 56.1 Å². The van der Waals surface area contributed by atoms with Gasteiger partial charge in [-0.1, -0.05) is 6.07 Å². The Morgan fingerprint density at radius 1 is 1.13 bits per heavy atom. The molecule has 1 unspecified atom stereocenters. The number of carbonyl (C=O) groups is 1. The standard InChI is InChI=1S/C22H24F2N6O/c23-21(24)16-7-8-19(25-12-16)28-9-10-29-18(13-28)11-15(22(29)31)3-1-4-17-5-2-6-20-26-14-27-30(17)20/h2,5-8,12,14-15,18,21H,1,3-4,9-11,13H2/t15?,18-/m0/s1. The van der Waals surface area contributed by atoms with Gasteiger partial charge in [-0.05, 0) is 49.9 Å². The molecule has 31 heavy (non-hydrogen) atoms. The zero-order valence-corrected chi connectivity index (χ0v) is 17.1. The van der Waals surface area contributed by atoms with Crippen LogP contribution < -0.4 is 4.90 Å². The molecule has 5 rings (SSSR count). The summed E-state index contributed by atoms with van der Waals surface area (Å²) in [7, 11) is 0. The fourth-order valence-corrected chi connectivity index (χ4v) is 4.79. The summed E-state index contributed by atoms with van der Waals surface area (Å²) in [5.41, 5.74) is 1.87. The fourth-order valence-electron chi connectivity index (χ4n) is 4.79. The Bertz CT molecular complexity index is 1070. The van der Waals surface area contributed by atoms with Gasteiger partial charge in [0.2, 0.25) is 5.91 Å². The van der Waals surface area contributed by atoms with Crippen LogP contribution >= 0.6 is 0 Å². The molecule has 0 saturated carbocycles. The fraction of sp³-hybridized carbons (Fsp3) is 0.455. The normalized spacial score (nSPS) is 21.3. The van der Waals surface area contributed by atoms with Crippen LogP contribution in [0, 0.1) is 5.92 Å². The minimum Gasteiger partial charge on any atom is -0.353 e. The van der Waals surface area contributed by atoms with Gasteiger partial charge in [0.15, 0.2) is 5.65 Å². The van der Waals surface area contributed by atoms with Crippen LogP contribution in [0.3, 0.4) is 0 Å². The third-order valence-electron chi connectivity index (χ3n) is 6.38. The molecule has 0 bridgehead atoms. The maximum atomic E-state index is 12.9. The number of nitrogens with zero attached hydrogens (tertiary/aromatic N) is 6. The van der Waals surface area contributed by atoms with Gasteiger partial charge in [0.25, 0.3) is 6.43 Å². The quantitative estimate of drug-likeness (QED) is 0.606. The predicted octanol–water partition coefficient (Wildman–Crippen LogP) is 3.12. The van der Waals surface area contributed by atoms with E-state index in [2.05, 4.69) is 20.0 Å². The van der Waals surface area contributed by atoms with Crippen LogP contribution in [0.15, 0.2) is 42.9 Å². The van der Waals surface area contributed by atoms with E-state index in [1.54, 1.807) is 12.4 Å². The second-order valence-corrected chi connectivity index (χ2v) is 8.25. The number of fused-ring (bicyclic) bond motifs is 2. The van der Waals surface area contributed by atoms with Crippen molar-refractivity contribution in [2.75, 3.05) is 24.5 Å². The van der Waals surface area contributed by atoms with Gasteiger partial charge in [0.05, 0.1) is 6.04 Å². The van der Waals surface area contributed by atoms with E-state index in [-0.39, 0.29) is 23.4 Å². The van der Waals surface area contributed by atoms with Crippen LogP contribution in [0.25, 0.3) is 5.65 Å². The van der Waals surface area contributed by atoms with Gasteiger partial charge < -0.3 is 9.80 Å². The number of hydrogen-bond donors (Lipinski definition) is 0. The Morgan fingerprint density at radius 3 is 2.84 bits per heavy atom. The molecule has 1 amide bonds. The summed E-state index contributed by atoms with van der Waals surface area (Å²) in [5.74, 6) is 0.972. The van der Waals surface area contributed by atoms with Gasteiger partial charge in [-0.25, -0.2) is 23.3 Å². The van der Waals surface area contributed by atoms with E-state index >= 15 is 0 Å². The first-order valence-electron chi connectivity index (χ1n) is 10.7. The summed E-state index contributed by atoms with van der Waals surface area (Å²) in [6, 6.07) is 9.19. The molecule has 7 nitrogen and oxygen atoms in total. The first kappa shape index (κ1) is 19.8. The second-order valence-electron chi connectivity index (χ2n) is 8.25. The van der Waals surface area contributed by atoms with E-state index in [0.717, 1.165) is 37.0 Å². The van der Waals surface area contributed by atoms with Gasteiger partial charge >= 0.3 is 0 Å². The van der Waals surface area contributed by atoms with Crippen molar-refractivity contribution in [2.24, 2.45) is 5.92 Å². The van der Waals surface area contributed by atoms with Gasteiger partial charge in [-0.3, -0.25) is 4.79 Å². The number of amides is 1. The average Bonchev–Trinajstić information content (AvgIpc) is 3.39. The molecule has 5 heterocycles. The first-order valence-corrected chi connectivity index (χ1v) is 10.7. The molecule has 9 heteroatoms. The topological polar surface area (TPSA) is 66.6 Å². The molecule has 0 N–H and O–H groups in total. The molecular weight excluding hydrogens is 402 g/mol. The number of pyridine rings is 2. The average molecular weight is 426 g/mol. The van der Waals surface area contributed by atoms with E-state index in [1.165, 1.54) is 12.3 Å². The third kappa shape index (κ3) is 3.84. The van der Waals surface area contributed by atoms with Gasteiger partial charge in [-0.15, -0.1) is 0 Å². The highest BCUT2D eigenvalue weighted by Gasteiger charge is 2.42. The zero-order valence-electron chi connectivity index (χ0n) is 17.1. The van der Waals surface area contributed by atoms with Gasteiger partial charge in [0, 0.05) is 43.0 Å². The van der Waals surface area contributed by atoms with Crippen molar-refractivity contribution in [3.63, 3.8) is 0 Å². The summed E-state index contributed by atoms with van der Waals surface area (Å²) in [5, 5.41) is 4.27. The molecule has 2 saturated heterocycles. The van der Waals surface area contributed by atoms with Crippen LogP contribution in [0.1, 0.15) is 36.9 Å². The van der Waals surface area contributed by atoms with Crippen molar-refractivity contribution in [3.05, 3.63) is 54.1 Å². The van der Waals surface area contributed by atoms with E-state index in [1.807, 2.05) is 27.6 Å². The van der Waals surface area contributed by atoms with E-state index in [0.29, 0.717) is 25.5 Å². The highest BCUT2D eigenvalue weighted by Crippen LogP contribution is 2.32. The number of aromatic nitrogens is 4. The maximum Gasteiger partial charge on any atom is 0.265 e. The molecule has 2 aliphatic rings. The monoisotopic (exact) mass is 426 g/mol. The SMILES string of the molecule is O=C1C(CCCc2cccc3ncnn23)C[C@H]2CN(c3ccc(C(F)F)cn3)CCN12. The maximum absolute atomic E-state index is 12.9. The summed E-state index contributed by atoms with van der Waals surface area (Å²) < 4.78 is 27.4. The van der Waals surface area contributed by atoms with Crippen LogP contribution in [0.2, 0.25) is 0 Å². The Hall–Kier alpha value is -3.10. The number of hydrogen-bond acceptors (Lipinski definition) is 5. The van der Waals surface area contributed by atoms with Crippen molar-refractivity contribution in [3.8, 4) is 0 Å². The van der Waals surface area contributed by atoms with Crippen LogP contribution in [0.4, 0.5) is 14.6 Å². The second kappa shape index (κ2) is 8.20. The summed E-state index contributed by atoms with van der Waals surface area (Å²) in [6.45, 7) is 2.02. The van der Waals surface area contributed by atoms with Crippen molar-refractivity contribution in [2.45, 2.75) is 38.2 Å². The largest absolute Gasteiger partial charge is 0.353 e. The smallest absolute Gasteiger partial charge is 0.265 e. The molecule has 162 valence electrons. The molecule has 0 spiro atoms. The van der Waals surface area contributed by atoms with E-state index < -0.39 is 6.43 Å². The number of rotatable bonds is 6. The number of anilines is 1. The lowest BCUT2D eigenvalue weighted by Crippen LogP contribution is -2.51. The number of halogens is 2. The number of aryl methyl sites for hydroxylation is 1. The number of piperazine rings is 1. The lowest BCUT2D eigenvalue weighted by Gasteiger charge is -2.38. The highest BCUT2D eigenvalue weighted by molar-refractivity contribution is 5.82. The lowest BCUT2D eigenvalue weighted by atomic mass is 9.97. The molecule has 2 atom stereocenters. The lowest BCUT2D eigenvalue weighted by molar-refractivity contribution is -0.132. The van der Waals surface area contributed by atoms with Crippen LogP contribution in [0.5, 0.6) is 0 Å². The third-order valence-corrected chi connectivity index (χ3v) is 6.38. The predicted molar refractivity (Wildman–Crippen MR) is 111 cm³/mol. The summed E-state index contributed by atoms with van der Waals surface area (Å²) in [4.78, 5) is 25.4. The van der Waals surface area contributed by atoms with Crippen molar-refractivity contribution < 1.29 is 13.6 Å². The molecule has 0 aliphatic carbocycles. The van der Waals surface area contributed by atoms with E-state index in [4.69, 9.17) is 0 Å². The minimum atomic E-state index is -2.51. The van der Waals surface area contributed by atoms with Gasteiger partial charge in [-0.2, -0.15) is 5.10 Å². The molecular formula is C22H24F2N6O. The Kier molecular flexibility index (Phi) is 5.25. The minimum absolute atomic E-state index is 0.0362. The Labute approximate surface area is 178 Å². The Morgan fingerprint density at radius 2 is 2.03 bits per heavy atom. The van der Waals surface area contributed by atoms with Gasteiger partial charge in [0.1, 0.15) is 12.1 Å². The highest BCUT2D eigenvalue weighted by atomic mass is 19.3. The molecule has 2 fully saturated rings. The van der Waals surface area contributed by atoms with Crippen LogP contribution in [-0.2, 0) is 11.2 Å². The molecule has 3 aromatic rings. The summed E-state index contributed by atoms with van der Waals surface area (Å²) >= 11 is 0. The molecule has 2 aliphatic heterocycles. The Balaban J connectivity index is 1.18.